The number of sulfonamides is 1. The zero-order chi connectivity index (χ0) is 32.2. The van der Waals surface area contributed by atoms with Gasteiger partial charge in [0.2, 0.25) is 10.0 Å². The highest BCUT2D eigenvalue weighted by atomic mass is 35.5. The molecule has 2 fully saturated rings. The number of aromatic nitrogens is 2. The minimum absolute atomic E-state index is 0.148. The van der Waals surface area contributed by atoms with E-state index < -0.39 is 16.7 Å². The number of hydrogen-bond acceptors (Lipinski definition) is 3. The predicted molar refractivity (Wildman–Crippen MR) is 184 cm³/mol. The molecule has 0 amide bonds. The Morgan fingerprint density at radius 1 is 1.23 bits per heavy atom. The number of alkyl halides is 1. The van der Waals surface area contributed by atoms with Gasteiger partial charge in [0.1, 0.15) is 6.67 Å². The molecule has 1 aromatic heterocycles. The molecule has 1 aromatic carbocycles. The predicted octanol–water partition coefficient (Wildman–Crippen LogP) is 9.04. The number of benzene rings is 1. The molecule has 3 aliphatic rings. The van der Waals surface area contributed by atoms with Gasteiger partial charge >= 0.3 is 0 Å². The first kappa shape index (κ1) is 35.7. The molecule has 5 rings (SSSR count). The Morgan fingerprint density at radius 3 is 2.57 bits per heavy atom. The van der Waals surface area contributed by atoms with Gasteiger partial charge in [-0.1, -0.05) is 79.6 Å². The van der Waals surface area contributed by atoms with E-state index in [2.05, 4.69) is 30.5 Å². The Bertz CT molecular complexity index is 1450. The van der Waals surface area contributed by atoms with Crippen molar-refractivity contribution in [3.05, 3.63) is 107 Å². The Kier molecular flexibility index (Phi) is 13.9. The zero-order valence-electron chi connectivity index (χ0n) is 26.7. The Hall–Kier alpha value is -2.74. The number of halogens is 2. The lowest BCUT2D eigenvalue weighted by atomic mass is 9.84. The maximum Gasteiger partial charge on any atom is 0.218 e. The van der Waals surface area contributed by atoms with Gasteiger partial charge in [-0.25, -0.2) is 17.1 Å². The highest BCUT2D eigenvalue weighted by Gasteiger charge is 2.60. The minimum atomic E-state index is -3.50. The fourth-order valence-electron chi connectivity index (χ4n) is 6.03. The van der Waals surface area contributed by atoms with Crippen molar-refractivity contribution >= 4 is 27.7 Å². The van der Waals surface area contributed by atoms with E-state index in [9.17, 15) is 12.8 Å². The summed E-state index contributed by atoms with van der Waals surface area (Å²) in [6, 6.07) is 6.90. The highest BCUT2D eigenvalue weighted by molar-refractivity contribution is 7.88. The Morgan fingerprint density at radius 2 is 1.95 bits per heavy atom. The van der Waals surface area contributed by atoms with Crippen LogP contribution in [0.4, 0.5) is 4.39 Å². The molecule has 8 heteroatoms. The van der Waals surface area contributed by atoms with E-state index in [1.165, 1.54) is 41.2 Å². The van der Waals surface area contributed by atoms with Crippen LogP contribution >= 0.6 is 11.6 Å². The van der Waals surface area contributed by atoms with Gasteiger partial charge in [0, 0.05) is 25.2 Å². The van der Waals surface area contributed by atoms with Crippen molar-refractivity contribution in [1.29, 1.82) is 0 Å². The molecular weight excluding hydrogens is 593 g/mol. The fraction of sp³-hybridized carbons (Fsp3) is 0.472. The van der Waals surface area contributed by atoms with Gasteiger partial charge in [0.25, 0.3) is 0 Å². The standard InChI is InChI=1S/C18H25ClFNO2S.C12H14N2.C6H10/c1-3-5-6-9-16(14-20)12-13-21(4-2)24(22,23)15-17-10-7-8-11-18(17)19;1-14-11-4-9-2-3-10-6-12(9,10)5-8(11)7-13-14;1-3-5-6-4-2/h5-11H,3-4,12-15H2,1-2H3;4,7,10H,2-3,5-6H2,1H3;3-4H,1-2,5-6H2/b6-5-,16-9-;;/t;10?,12-;/m.1./s1. The fourth-order valence-corrected chi connectivity index (χ4v) is 7.90. The Labute approximate surface area is 269 Å². The SMILES string of the molecule is C=CCCC=C.CC/C=C\C=C(/CF)CCN(CC)S(=O)(=O)Cc1ccccc1Cl.Cn1ncc2c1C=C1CCC3C[C@]13C2. The molecule has 0 radical (unpaired) electrons. The molecule has 0 aliphatic heterocycles. The van der Waals surface area contributed by atoms with Crippen molar-refractivity contribution in [2.24, 2.45) is 18.4 Å². The lowest BCUT2D eigenvalue weighted by Crippen LogP contribution is -2.33. The van der Waals surface area contributed by atoms with Crippen LogP contribution in [0.1, 0.15) is 75.6 Å². The maximum absolute atomic E-state index is 13.0. The number of unbranched alkanes of at least 4 members (excludes halogenated alkanes) is 1. The summed E-state index contributed by atoms with van der Waals surface area (Å²) in [6.45, 7) is 10.9. The summed E-state index contributed by atoms with van der Waals surface area (Å²) in [4.78, 5) is 0. The third-order valence-electron chi connectivity index (χ3n) is 8.69. The van der Waals surface area contributed by atoms with Crippen LogP contribution in [-0.4, -0.2) is 42.3 Å². The van der Waals surface area contributed by atoms with E-state index in [0.29, 0.717) is 34.5 Å². The van der Waals surface area contributed by atoms with E-state index in [-0.39, 0.29) is 12.3 Å². The van der Waals surface area contributed by atoms with Crippen LogP contribution in [0.2, 0.25) is 5.02 Å². The van der Waals surface area contributed by atoms with E-state index in [1.54, 1.807) is 42.8 Å². The third kappa shape index (κ3) is 9.38. The summed E-state index contributed by atoms with van der Waals surface area (Å²) in [7, 11) is -1.45. The van der Waals surface area contributed by atoms with Crippen LogP contribution in [0.25, 0.3) is 6.08 Å². The molecule has 0 bridgehead atoms. The van der Waals surface area contributed by atoms with E-state index >= 15 is 0 Å². The highest BCUT2D eigenvalue weighted by Crippen LogP contribution is 2.69. The van der Waals surface area contributed by atoms with Gasteiger partial charge in [-0.2, -0.15) is 5.10 Å². The summed E-state index contributed by atoms with van der Waals surface area (Å²) in [6.07, 6.45) is 22.6. The number of rotatable bonds is 13. The largest absolute Gasteiger partial charge is 0.268 e. The van der Waals surface area contributed by atoms with Gasteiger partial charge in [-0.05, 0) is 91.5 Å². The average Bonchev–Trinajstić information content (AvgIpc) is 3.41. The van der Waals surface area contributed by atoms with Crippen LogP contribution in [0.3, 0.4) is 0 Å². The number of hydrogen-bond donors (Lipinski definition) is 0. The quantitative estimate of drug-likeness (QED) is 0.125. The molecule has 3 aliphatic carbocycles. The van der Waals surface area contributed by atoms with Crippen molar-refractivity contribution in [1.82, 2.24) is 14.1 Å². The lowest BCUT2D eigenvalue weighted by molar-refractivity contribution is 0.421. The Balaban J connectivity index is 0.000000218. The molecule has 2 saturated carbocycles. The van der Waals surface area contributed by atoms with Gasteiger partial charge in [0.15, 0.2) is 0 Å². The van der Waals surface area contributed by atoms with Crippen molar-refractivity contribution in [3.63, 3.8) is 0 Å². The molecule has 44 heavy (non-hydrogen) atoms. The molecule has 0 N–H and O–H groups in total. The van der Waals surface area contributed by atoms with E-state index in [1.807, 2.05) is 43.0 Å². The van der Waals surface area contributed by atoms with Crippen LogP contribution in [0.15, 0.2) is 85.1 Å². The van der Waals surface area contributed by atoms with E-state index in [4.69, 9.17) is 11.6 Å². The average molecular weight is 642 g/mol. The number of aryl methyl sites for hydroxylation is 1. The minimum Gasteiger partial charge on any atom is -0.268 e. The maximum atomic E-state index is 13.0. The third-order valence-corrected chi connectivity index (χ3v) is 11.0. The van der Waals surface area contributed by atoms with Crippen LogP contribution in [0.5, 0.6) is 0 Å². The molecule has 240 valence electrons. The van der Waals surface area contributed by atoms with Crippen molar-refractivity contribution < 1.29 is 12.8 Å². The van der Waals surface area contributed by atoms with Crippen LogP contribution < -0.4 is 0 Å². The molecule has 1 spiro atoms. The summed E-state index contributed by atoms with van der Waals surface area (Å²) in [5.41, 5.74) is 6.34. The van der Waals surface area contributed by atoms with Gasteiger partial charge in [-0.15, -0.1) is 13.2 Å². The summed E-state index contributed by atoms with van der Waals surface area (Å²) >= 11 is 6.05. The van der Waals surface area contributed by atoms with E-state index in [0.717, 1.165) is 25.2 Å². The lowest BCUT2D eigenvalue weighted by Gasteiger charge is -2.21. The molecule has 2 aromatic rings. The van der Waals surface area contributed by atoms with Crippen LogP contribution in [0, 0.1) is 11.3 Å². The first-order chi connectivity index (χ1) is 21.1. The van der Waals surface area contributed by atoms with Crippen molar-refractivity contribution in [3.8, 4) is 0 Å². The molecule has 2 atom stereocenters. The summed E-state index contributed by atoms with van der Waals surface area (Å²) < 4.78 is 41.6. The molecule has 0 saturated heterocycles. The van der Waals surface area contributed by atoms with Gasteiger partial charge in [-0.3, -0.25) is 4.68 Å². The molecular formula is C36H49ClFN3O2S. The second-order valence-corrected chi connectivity index (χ2v) is 14.0. The smallest absolute Gasteiger partial charge is 0.218 e. The number of nitrogens with zero attached hydrogens (tertiary/aromatic N) is 3. The first-order valence-electron chi connectivity index (χ1n) is 15.7. The molecule has 1 unspecified atom stereocenters. The van der Waals surface area contributed by atoms with Crippen LogP contribution in [-0.2, 0) is 29.2 Å². The van der Waals surface area contributed by atoms with Gasteiger partial charge < -0.3 is 0 Å². The zero-order valence-corrected chi connectivity index (χ0v) is 28.2. The first-order valence-corrected chi connectivity index (χ1v) is 17.7. The summed E-state index contributed by atoms with van der Waals surface area (Å²) in [5.74, 6) is 0.868. The molecule has 1 heterocycles. The second kappa shape index (κ2) is 17.1. The number of fused-ring (bicyclic) bond motifs is 1. The van der Waals surface area contributed by atoms with Gasteiger partial charge in [0.05, 0.1) is 17.6 Å². The van der Waals surface area contributed by atoms with Crippen molar-refractivity contribution in [2.75, 3.05) is 19.8 Å². The second-order valence-electron chi connectivity index (χ2n) is 11.7. The normalized spacial score (nSPS) is 20.0. The topological polar surface area (TPSA) is 55.2 Å². The number of allylic oxidation sites excluding steroid dienone is 6. The molecule has 5 nitrogen and oxygen atoms in total. The monoisotopic (exact) mass is 641 g/mol. The van der Waals surface area contributed by atoms with Crippen molar-refractivity contribution in [2.45, 2.75) is 71.0 Å². The summed E-state index contributed by atoms with van der Waals surface area (Å²) in [5, 5.41) is 4.78.